The van der Waals surface area contributed by atoms with Crippen LogP contribution in [0.3, 0.4) is 0 Å². The van der Waals surface area contributed by atoms with Crippen molar-refractivity contribution in [2.24, 2.45) is 0 Å². The molecule has 1 N–H and O–H groups in total. The van der Waals surface area contributed by atoms with Crippen LogP contribution in [0.25, 0.3) is 0 Å². The summed E-state index contributed by atoms with van der Waals surface area (Å²) in [5.74, 6) is 1.04. The van der Waals surface area contributed by atoms with Crippen molar-refractivity contribution >= 4 is 33.2 Å². The lowest BCUT2D eigenvalue weighted by molar-refractivity contribution is 0.357. The number of fused-ring (bicyclic) bond motifs is 1. The Morgan fingerprint density at radius 2 is 2.10 bits per heavy atom. The summed E-state index contributed by atoms with van der Waals surface area (Å²) in [4.78, 5) is 0. The second-order valence-corrected chi connectivity index (χ2v) is 6.11. The van der Waals surface area contributed by atoms with Crippen molar-refractivity contribution in [3.05, 3.63) is 57.0 Å². The summed E-state index contributed by atoms with van der Waals surface area (Å²) >= 11 is 9.41. The molecule has 1 heterocycles. The number of hydrogen-bond donors (Lipinski definition) is 1. The molecule has 1 aliphatic rings. The van der Waals surface area contributed by atoms with Crippen LogP contribution in [-0.2, 0) is 12.8 Å². The van der Waals surface area contributed by atoms with Crippen molar-refractivity contribution in [1.82, 2.24) is 0 Å². The van der Waals surface area contributed by atoms with Gasteiger partial charge in [0, 0.05) is 23.1 Å². The van der Waals surface area contributed by atoms with E-state index in [1.807, 2.05) is 18.2 Å². The van der Waals surface area contributed by atoms with E-state index in [0.717, 1.165) is 46.9 Å². The Morgan fingerprint density at radius 3 is 2.95 bits per heavy atom. The lowest BCUT2D eigenvalue weighted by atomic mass is 10.1. The molecule has 3 rings (SSSR count). The quantitative estimate of drug-likeness (QED) is 0.862. The third-order valence-electron chi connectivity index (χ3n) is 3.42. The summed E-state index contributed by atoms with van der Waals surface area (Å²) in [5, 5.41) is 4.14. The lowest BCUT2D eigenvalue weighted by Crippen LogP contribution is -2.05. The van der Waals surface area contributed by atoms with E-state index in [9.17, 15) is 0 Å². The molecule has 0 saturated carbocycles. The predicted molar refractivity (Wildman–Crippen MR) is 87.0 cm³/mol. The number of ether oxygens (including phenoxy) is 1. The first-order valence-corrected chi connectivity index (χ1v) is 7.83. The molecular formula is C16H15BrClNO. The Hall–Kier alpha value is -1.19. The molecule has 2 nitrogen and oxygen atoms in total. The van der Waals surface area contributed by atoms with E-state index in [4.69, 9.17) is 16.3 Å². The minimum Gasteiger partial charge on any atom is -0.493 e. The summed E-state index contributed by atoms with van der Waals surface area (Å²) in [6.07, 6.45) is 2.02. The zero-order valence-electron chi connectivity index (χ0n) is 11.0. The molecule has 2 aromatic carbocycles. The fourth-order valence-electron chi connectivity index (χ4n) is 2.35. The minimum absolute atomic E-state index is 0.731. The van der Waals surface area contributed by atoms with E-state index in [1.54, 1.807) is 0 Å². The SMILES string of the molecule is Clc1ccc(NCCc2ccc3c(c2)CCO3)cc1Br. The second-order valence-electron chi connectivity index (χ2n) is 4.85. The highest BCUT2D eigenvalue weighted by atomic mass is 79.9. The smallest absolute Gasteiger partial charge is 0.122 e. The topological polar surface area (TPSA) is 21.3 Å². The molecule has 2 aromatic rings. The van der Waals surface area contributed by atoms with Gasteiger partial charge in [0.2, 0.25) is 0 Å². The van der Waals surface area contributed by atoms with Gasteiger partial charge >= 0.3 is 0 Å². The van der Waals surface area contributed by atoms with Crippen LogP contribution < -0.4 is 10.1 Å². The average molecular weight is 353 g/mol. The molecule has 4 heteroatoms. The van der Waals surface area contributed by atoms with Gasteiger partial charge < -0.3 is 10.1 Å². The monoisotopic (exact) mass is 351 g/mol. The maximum atomic E-state index is 5.98. The van der Waals surface area contributed by atoms with Gasteiger partial charge in [-0.15, -0.1) is 0 Å². The van der Waals surface area contributed by atoms with Crippen molar-refractivity contribution in [2.75, 3.05) is 18.5 Å². The van der Waals surface area contributed by atoms with E-state index in [1.165, 1.54) is 11.1 Å². The lowest BCUT2D eigenvalue weighted by Gasteiger charge is -2.08. The molecule has 0 atom stereocenters. The number of anilines is 1. The van der Waals surface area contributed by atoms with Gasteiger partial charge in [-0.05, 0) is 57.7 Å². The Balaban J connectivity index is 1.58. The largest absolute Gasteiger partial charge is 0.493 e. The van der Waals surface area contributed by atoms with Gasteiger partial charge in [0.05, 0.1) is 11.6 Å². The van der Waals surface area contributed by atoms with Gasteiger partial charge in [-0.1, -0.05) is 23.7 Å². The summed E-state index contributed by atoms with van der Waals surface area (Å²) in [6, 6.07) is 12.4. The zero-order valence-corrected chi connectivity index (χ0v) is 13.3. The fourth-order valence-corrected chi connectivity index (χ4v) is 2.85. The Morgan fingerprint density at radius 1 is 1.20 bits per heavy atom. The van der Waals surface area contributed by atoms with E-state index in [0.29, 0.717) is 0 Å². The molecular weight excluding hydrogens is 338 g/mol. The van der Waals surface area contributed by atoms with Gasteiger partial charge in [0.1, 0.15) is 5.75 Å². The van der Waals surface area contributed by atoms with Crippen LogP contribution in [0.4, 0.5) is 5.69 Å². The van der Waals surface area contributed by atoms with Crippen molar-refractivity contribution in [1.29, 1.82) is 0 Å². The number of halogens is 2. The Labute approximate surface area is 132 Å². The maximum absolute atomic E-state index is 5.98. The summed E-state index contributed by atoms with van der Waals surface area (Å²) in [7, 11) is 0. The van der Waals surface area contributed by atoms with E-state index >= 15 is 0 Å². The highest BCUT2D eigenvalue weighted by molar-refractivity contribution is 9.10. The van der Waals surface area contributed by atoms with Crippen LogP contribution in [0, 0.1) is 0 Å². The molecule has 0 bridgehead atoms. The van der Waals surface area contributed by atoms with Crippen LogP contribution in [0.2, 0.25) is 5.02 Å². The molecule has 0 unspecified atom stereocenters. The number of hydrogen-bond acceptors (Lipinski definition) is 2. The predicted octanol–water partition coefficient (Wildman–Crippen LogP) is 4.69. The van der Waals surface area contributed by atoms with E-state index in [-0.39, 0.29) is 0 Å². The van der Waals surface area contributed by atoms with Crippen LogP contribution >= 0.6 is 27.5 Å². The Kier molecular flexibility index (Phi) is 4.18. The van der Waals surface area contributed by atoms with Crippen molar-refractivity contribution in [3.8, 4) is 5.75 Å². The second kappa shape index (κ2) is 6.06. The summed E-state index contributed by atoms with van der Waals surface area (Å²) in [5.41, 5.74) is 3.75. The number of rotatable bonds is 4. The maximum Gasteiger partial charge on any atom is 0.122 e. The van der Waals surface area contributed by atoms with Crippen molar-refractivity contribution in [2.45, 2.75) is 12.8 Å². The highest BCUT2D eigenvalue weighted by Gasteiger charge is 2.11. The van der Waals surface area contributed by atoms with Crippen LogP contribution in [-0.4, -0.2) is 13.2 Å². The molecule has 0 spiro atoms. The Bertz CT molecular complexity index is 630. The molecule has 104 valence electrons. The standard InChI is InChI=1S/C16H15BrClNO/c17-14-10-13(2-3-15(14)18)19-7-5-11-1-4-16-12(9-11)6-8-20-16/h1-4,9-10,19H,5-8H2. The molecule has 0 aromatic heterocycles. The van der Waals surface area contributed by atoms with Gasteiger partial charge in [-0.3, -0.25) is 0 Å². The first-order chi connectivity index (χ1) is 9.72. The first kappa shape index (κ1) is 13.8. The third-order valence-corrected chi connectivity index (χ3v) is 4.63. The van der Waals surface area contributed by atoms with Crippen molar-refractivity contribution < 1.29 is 4.74 Å². The molecule has 0 fully saturated rings. The number of benzene rings is 2. The minimum atomic E-state index is 0.731. The van der Waals surface area contributed by atoms with Gasteiger partial charge in [-0.2, -0.15) is 0 Å². The molecule has 1 aliphatic heterocycles. The molecule has 20 heavy (non-hydrogen) atoms. The molecule has 0 amide bonds. The fraction of sp³-hybridized carbons (Fsp3) is 0.250. The highest BCUT2D eigenvalue weighted by Crippen LogP contribution is 2.27. The summed E-state index contributed by atoms with van der Waals surface area (Å²) in [6.45, 7) is 1.71. The average Bonchev–Trinajstić information content (AvgIpc) is 2.90. The van der Waals surface area contributed by atoms with Gasteiger partial charge in [-0.25, -0.2) is 0 Å². The zero-order chi connectivity index (χ0) is 13.9. The normalized spacial score (nSPS) is 12.9. The van der Waals surface area contributed by atoms with Crippen LogP contribution in [0.5, 0.6) is 5.75 Å². The molecule has 0 saturated heterocycles. The summed E-state index contributed by atoms with van der Waals surface area (Å²) < 4.78 is 6.43. The first-order valence-electron chi connectivity index (χ1n) is 6.66. The van der Waals surface area contributed by atoms with Gasteiger partial charge in [0.25, 0.3) is 0 Å². The molecule has 0 radical (unpaired) electrons. The molecule has 0 aliphatic carbocycles. The van der Waals surface area contributed by atoms with Crippen molar-refractivity contribution in [3.63, 3.8) is 0 Å². The van der Waals surface area contributed by atoms with Crippen LogP contribution in [0.15, 0.2) is 40.9 Å². The van der Waals surface area contributed by atoms with E-state index < -0.39 is 0 Å². The van der Waals surface area contributed by atoms with E-state index in [2.05, 4.69) is 39.4 Å². The van der Waals surface area contributed by atoms with Gasteiger partial charge in [0.15, 0.2) is 0 Å². The van der Waals surface area contributed by atoms with Crippen LogP contribution in [0.1, 0.15) is 11.1 Å². The third kappa shape index (κ3) is 3.10. The number of nitrogens with one attached hydrogen (secondary N) is 1.